The van der Waals surface area contributed by atoms with Crippen LogP contribution in [0.25, 0.3) is 0 Å². The second-order valence-corrected chi connectivity index (χ2v) is 7.20. The Morgan fingerprint density at radius 2 is 2.16 bits per heavy atom. The topological polar surface area (TPSA) is 75.6 Å². The summed E-state index contributed by atoms with van der Waals surface area (Å²) in [7, 11) is -2.09. The van der Waals surface area contributed by atoms with Crippen LogP contribution in [0.1, 0.15) is 13.3 Å². The molecule has 0 aliphatic heterocycles. The van der Waals surface area contributed by atoms with Crippen molar-refractivity contribution in [1.29, 1.82) is 0 Å². The Morgan fingerprint density at radius 1 is 1.47 bits per heavy atom. The molecule has 0 aliphatic carbocycles. The van der Waals surface area contributed by atoms with Crippen molar-refractivity contribution in [3.8, 4) is 0 Å². The van der Waals surface area contributed by atoms with Crippen LogP contribution in [0.2, 0.25) is 0 Å². The molecule has 7 heteroatoms. The molecule has 108 valence electrons. The summed E-state index contributed by atoms with van der Waals surface area (Å²) in [4.78, 5) is 0.157. The molecular formula is C12H18BrNO4S. The Bertz CT molecular complexity index is 516. The first-order valence-electron chi connectivity index (χ1n) is 5.73. The molecule has 0 bridgehead atoms. The van der Waals surface area contributed by atoms with Crippen LogP contribution in [0.5, 0.6) is 0 Å². The van der Waals surface area contributed by atoms with Gasteiger partial charge in [0, 0.05) is 31.2 Å². The monoisotopic (exact) mass is 351 g/mol. The maximum atomic E-state index is 12.0. The van der Waals surface area contributed by atoms with E-state index >= 15 is 0 Å². The molecule has 0 radical (unpaired) electrons. The van der Waals surface area contributed by atoms with Gasteiger partial charge < -0.3 is 9.84 Å². The van der Waals surface area contributed by atoms with Crippen LogP contribution >= 0.6 is 15.9 Å². The van der Waals surface area contributed by atoms with E-state index in [1.54, 1.807) is 19.1 Å². The summed E-state index contributed by atoms with van der Waals surface area (Å²) in [5.41, 5.74) is -1.14. The minimum atomic E-state index is -3.62. The molecular weight excluding hydrogens is 334 g/mol. The van der Waals surface area contributed by atoms with E-state index in [4.69, 9.17) is 4.74 Å². The number of halogens is 1. The smallest absolute Gasteiger partial charge is 0.240 e. The summed E-state index contributed by atoms with van der Waals surface area (Å²) in [6.45, 7) is 1.87. The van der Waals surface area contributed by atoms with Gasteiger partial charge in [-0.25, -0.2) is 13.1 Å². The van der Waals surface area contributed by atoms with Crippen molar-refractivity contribution >= 4 is 26.0 Å². The van der Waals surface area contributed by atoms with E-state index in [0.29, 0.717) is 17.5 Å². The number of nitrogens with one attached hydrogen (secondary N) is 1. The lowest BCUT2D eigenvalue weighted by atomic mass is 10.0. The van der Waals surface area contributed by atoms with Crippen LogP contribution in [-0.4, -0.2) is 39.4 Å². The van der Waals surface area contributed by atoms with Crippen molar-refractivity contribution in [2.75, 3.05) is 20.3 Å². The zero-order valence-electron chi connectivity index (χ0n) is 10.9. The molecule has 0 saturated heterocycles. The van der Waals surface area contributed by atoms with Crippen molar-refractivity contribution in [3.63, 3.8) is 0 Å². The summed E-state index contributed by atoms with van der Waals surface area (Å²) < 4.78 is 32.0. The molecule has 0 aromatic heterocycles. The number of ether oxygens (including phenoxy) is 1. The number of methoxy groups -OCH3 is 1. The molecule has 1 aromatic rings. The van der Waals surface area contributed by atoms with Gasteiger partial charge in [-0.3, -0.25) is 0 Å². The van der Waals surface area contributed by atoms with Crippen LogP contribution in [-0.2, 0) is 14.8 Å². The molecule has 0 fully saturated rings. The maximum Gasteiger partial charge on any atom is 0.240 e. The van der Waals surface area contributed by atoms with Crippen LogP contribution in [0, 0.1) is 0 Å². The van der Waals surface area contributed by atoms with Crippen molar-refractivity contribution < 1.29 is 18.3 Å². The molecule has 1 atom stereocenters. The normalized spacial score (nSPS) is 15.2. The Morgan fingerprint density at radius 3 is 2.74 bits per heavy atom. The van der Waals surface area contributed by atoms with Gasteiger partial charge in [0.25, 0.3) is 0 Å². The number of sulfonamides is 1. The number of benzene rings is 1. The predicted octanol–water partition coefficient (Wildman–Crippen LogP) is 1.51. The fourth-order valence-corrected chi connectivity index (χ4v) is 3.14. The molecule has 1 unspecified atom stereocenters. The molecule has 0 heterocycles. The summed E-state index contributed by atoms with van der Waals surface area (Å²) in [5, 5.41) is 9.99. The third kappa shape index (κ3) is 5.58. The molecule has 1 rings (SSSR count). The van der Waals surface area contributed by atoms with Crippen LogP contribution in [0.15, 0.2) is 33.6 Å². The van der Waals surface area contributed by atoms with Crippen LogP contribution in [0.3, 0.4) is 0 Å². The zero-order chi connectivity index (χ0) is 14.5. The SMILES string of the molecule is COCCC(C)(O)CNS(=O)(=O)c1cccc(Br)c1. The van der Waals surface area contributed by atoms with Crippen LogP contribution < -0.4 is 4.72 Å². The lowest BCUT2D eigenvalue weighted by Gasteiger charge is -2.23. The van der Waals surface area contributed by atoms with Gasteiger partial charge in [-0.15, -0.1) is 0 Å². The Labute approximate surface area is 122 Å². The molecule has 19 heavy (non-hydrogen) atoms. The quantitative estimate of drug-likeness (QED) is 0.780. The van der Waals surface area contributed by atoms with Crippen molar-refractivity contribution in [1.82, 2.24) is 4.72 Å². The van der Waals surface area contributed by atoms with Gasteiger partial charge in [-0.2, -0.15) is 0 Å². The lowest BCUT2D eigenvalue weighted by Crippen LogP contribution is -2.41. The van der Waals surface area contributed by atoms with Gasteiger partial charge in [0.2, 0.25) is 10.0 Å². The predicted molar refractivity (Wildman–Crippen MR) is 76.4 cm³/mol. The average Bonchev–Trinajstić information content (AvgIpc) is 2.34. The minimum Gasteiger partial charge on any atom is -0.389 e. The summed E-state index contributed by atoms with van der Waals surface area (Å²) >= 11 is 3.22. The Hall–Kier alpha value is -0.470. The molecule has 0 spiro atoms. The zero-order valence-corrected chi connectivity index (χ0v) is 13.3. The number of hydrogen-bond acceptors (Lipinski definition) is 4. The first-order valence-corrected chi connectivity index (χ1v) is 8.01. The molecule has 0 aliphatic rings. The van der Waals surface area contributed by atoms with E-state index in [-0.39, 0.29) is 11.4 Å². The van der Waals surface area contributed by atoms with E-state index in [0.717, 1.165) is 0 Å². The Kier molecular flexibility index (Phi) is 5.94. The minimum absolute atomic E-state index is 0.0643. The van der Waals surface area contributed by atoms with Crippen LogP contribution in [0.4, 0.5) is 0 Å². The first kappa shape index (κ1) is 16.6. The van der Waals surface area contributed by atoms with E-state index in [1.165, 1.54) is 19.2 Å². The highest BCUT2D eigenvalue weighted by atomic mass is 79.9. The fourth-order valence-electron chi connectivity index (χ4n) is 1.38. The number of aliphatic hydroxyl groups is 1. The van der Waals surface area contributed by atoms with Gasteiger partial charge in [0.05, 0.1) is 10.5 Å². The average molecular weight is 352 g/mol. The highest BCUT2D eigenvalue weighted by Crippen LogP contribution is 2.16. The molecule has 2 N–H and O–H groups in total. The van der Waals surface area contributed by atoms with Crippen molar-refractivity contribution in [3.05, 3.63) is 28.7 Å². The van der Waals surface area contributed by atoms with E-state index in [9.17, 15) is 13.5 Å². The van der Waals surface area contributed by atoms with E-state index in [1.807, 2.05) is 0 Å². The highest BCUT2D eigenvalue weighted by molar-refractivity contribution is 9.10. The Balaban J connectivity index is 2.71. The molecule has 0 saturated carbocycles. The van der Waals surface area contributed by atoms with Crippen molar-refractivity contribution in [2.45, 2.75) is 23.8 Å². The standard InChI is InChI=1S/C12H18BrNO4S/c1-12(15,6-7-18-2)9-14-19(16,17)11-5-3-4-10(13)8-11/h3-5,8,14-15H,6-7,9H2,1-2H3. The molecule has 0 amide bonds. The second kappa shape index (κ2) is 6.81. The lowest BCUT2D eigenvalue weighted by molar-refractivity contribution is 0.0292. The van der Waals surface area contributed by atoms with Gasteiger partial charge in [-0.1, -0.05) is 22.0 Å². The van der Waals surface area contributed by atoms with E-state index in [2.05, 4.69) is 20.7 Å². The van der Waals surface area contributed by atoms with Gasteiger partial charge >= 0.3 is 0 Å². The summed E-state index contributed by atoms with van der Waals surface area (Å²) in [5.74, 6) is 0. The third-order valence-electron chi connectivity index (χ3n) is 2.59. The highest BCUT2D eigenvalue weighted by Gasteiger charge is 2.24. The molecule has 1 aromatic carbocycles. The maximum absolute atomic E-state index is 12.0. The van der Waals surface area contributed by atoms with Gasteiger partial charge in [0.15, 0.2) is 0 Å². The van der Waals surface area contributed by atoms with Gasteiger partial charge in [0.1, 0.15) is 0 Å². The molecule has 5 nitrogen and oxygen atoms in total. The number of hydrogen-bond donors (Lipinski definition) is 2. The van der Waals surface area contributed by atoms with Crippen molar-refractivity contribution in [2.24, 2.45) is 0 Å². The largest absolute Gasteiger partial charge is 0.389 e. The number of rotatable bonds is 7. The summed E-state index contributed by atoms with van der Waals surface area (Å²) in [6, 6.07) is 6.39. The van der Waals surface area contributed by atoms with Gasteiger partial charge in [-0.05, 0) is 25.1 Å². The fraction of sp³-hybridized carbons (Fsp3) is 0.500. The summed E-state index contributed by atoms with van der Waals surface area (Å²) in [6.07, 6.45) is 0.352. The third-order valence-corrected chi connectivity index (χ3v) is 4.49. The van der Waals surface area contributed by atoms with E-state index < -0.39 is 15.6 Å². The second-order valence-electron chi connectivity index (χ2n) is 4.52. The first-order chi connectivity index (χ1) is 8.77.